The number of nitrogen functional groups attached to an aromatic ring is 1. The summed E-state index contributed by atoms with van der Waals surface area (Å²) in [7, 11) is 0. The van der Waals surface area contributed by atoms with E-state index in [1.807, 2.05) is 57.2 Å². The van der Waals surface area contributed by atoms with Crippen molar-refractivity contribution in [3.8, 4) is 28.5 Å². The normalized spacial score (nSPS) is 11.4. The van der Waals surface area contributed by atoms with E-state index in [2.05, 4.69) is 0 Å². The zero-order valence-electron chi connectivity index (χ0n) is 20.1. The molecule has 0 saturated heterocycles. The molecule has 0 bridgehead atoms. The number of nitrogens with zero attached hydrogens (tertiary/aromatic N) is 2. The number of halogens is 3. The van der Waals surface area contributed by atoms with Gasteiger partial charge in [0.25, 0.3) is 5.56 Å². The Morgan fingerprint density at radius 3 is 2.28 bits per heavy atom. The van der Waals surface area contributed by atoms with Crippen LogP contribution in [-0.4, -0.2) is 4.57 Å². The van der Waals surface area contributed by atoms with Crippen molar-refractivity contribution in [1.82, 2.24) is 4.57 Å². The predicted octanol–water partition coefficient (Wildman–Crippen LogP) is 6.63. The number of benzene rings is 3. The molecule has 0 unspecified atom stereocenters. The number of hydrogen-bond acceptors (Lipinski definition) is 3. The quantitative estimate of drug-likeness (QED) is 0.329. The van der Waals surface area contributed by atoms with E-state index < -0.39 is 22.9 Å². The van der Waals surface area contributed by atoms with Crippen LogP contribution in [0, 0.1) is 32.1 Å². The number of aryl methyl sites for hydroxylation is 3. The number of aromatic nitrogens is 1. The lowest BCUT2D eigenvalue weighted by Gasteiger charge is -2.19. The van der Waals surface area contributed by atoms with E-state index in [-0.39, 0.29) is 12.2 Å². The van der Waals surface area contributed by atoms with Gasteiger partial charge < -0.3 is 10.3 Å². The molecule has 2 N–H and O–H groups in total. The summed E-state index contributed by atoms with van der Waals surface area (Å²) >= 11 is 0. The van der Waals surface area contributed by atoms with Gasteiger partial charge in [-0.05, 0) is 78.4 Å². The molecule has 0 aliphatic heterocycles. The molecule has 7 heteroatoms. The second-order valence-electron chi connectivity index (χ2n) is 8.90. The molecule has 4 aromatic rings. The highest BCUT2D eigenvalue weighted by molar-refractivity contribution is 5.75. The molecule has 0 fully saturated rings. The predicted molar refractivity (Wildman–Crippen MR) is 135 cm³/mol. The molecule has 0 amide bonds. The Morgan fingerprint density at radius 2 is 1.64 bits per heavy atom. The van der Waals surface area contributed by atoms with Crippen LogP contribution in [0.1, 0.15) is 33.4 Å². The maximum absolute atomic E-state index is 13.9. The van der Waals surface area contributed by atoms with E-state index in [4.69, 9.17) is 5.73 Å². The van der Waals surface area contributed by atoms with Gasteiger partial charge >= 0.3 is 6.18 Å². The smallest absolute Gasteiger partial charge is 0.399 e. The Kier molecular flexibility index (Phi) is 6.47. The SMILES string of the molecule is Cc1ccc(Cn2c(-c3cccc(-c4ccc(N)cc4C)c3)cc(C(F)(F)F)c(C#N)c2=O)c(C)c1. The zero-order chi connectivity index (χ0) is 26.2. The molecule has 0 aliphatic carbocycles. The van der Waals surface area contributed by atoms with E-state index in [1.165, 1.54) is 10.6 Å². The van der Waals surface area contributed by atoms with Crippen molar-refractivity contribution in [3.05, 3.63) is 110 Å². The van der Waals surface area contributed by atoms with Gasteiger partial charge in [0.2, 0.25) is 0 Å². The summed E-state index contributed by atoms with van der Waals surface area (Å²) in [5, 5.41) is 9.48. The summed E-state index contributed by atoms with van der Waals surface area (Å²) < 4.78 is 43.0. The minimum Gasteiger partial charge on any atom is -0.399 e. The number of anilines is 1. The van der Waals surface area contributed by atoms with Crippen molar-refractivity contribution in [2.24, 2.45) is 0 Å². The highest BCUT2D eigenvalue weighted by Crippen LogP contribution is 2.35. The molecule has 0 radical (unpaired) electrons. The van der Waals surface area contributed by atoms with Gasteiger partial charge in [-0.1, -0.05) is 48.0 Å². The van der Waals surface area contributed by atoms with Gasteiger partial charge in [0.1, 0.15) is 11.6 Å². The van der Waals surface area contributed by atoms with Crippen molar-refractivity contribution in [3.63, 3.8) is 0 Å². The number of nitrogens with two attached hydrogens (primary N) is 1. The Balaban J connectivity index is 1.98. The zero-order valence-corrected chi connectivity index (χ0v) is 20.1. The number of pyridine rings is 1. The average molecular weight is 488 g/mol. The van der Waals surface area contributed by atoms with Gasteiger partial charge in [-0.25, -0.2) is 0 Å². The number of hydrogen-bond donors (Lipinski definition) is 1. The Bertz CT molecular complexity index is 1580. The average Bonchev–Trinajstić information content (AvgIpc) is 2.81. The molecular formula is C29H24F3N3O. The molecule has 4 rings (SSSR count). The van der Waals surface area contributed by atoms with Crippen LogP contribution in [0.2, 0.25) is 0 Å². The lowest BCUT2D eigenvalue weighted by molar-refractivity contribution is -0.137. The molecule has 4 nitrogen and oxygen atoms in total. The van der Waals surface area contributed by atoms with Crippen LogP contribution >= 0.6 is 0 Å². The summed E-state index contributed by atoms with van der Waals surface area (Å²) in [5.74, 6) is 0. The van der Waals surface area contributed by atoms with E-state index in [0.717, 1.165) is 39.4 Å². The molecule has 3 aromatic carbocycles. The van der Waals surface area contributed by atoms with Gasteiger partial charge in [-0.15, -0.1) is 0 Å². The van der Waals surface area contributed by atoms with Crippen LogP contribution in [0.15, 0.2) is 71.5 Å². The topological polar surface area (TPSA) is 71.8 Å². The fourth-order valence-corrected chi connectivity index (χ4v) is 4.42. The maximum Gasteiger partial charge on any atom is 0.417 e. The van der Waals surface area contributed by atoms with E-state index in [1.54, 1.807) is 24.3 Å². The van der Waals surface area contributed by atoms with Crippen molar-refractivity contribution in [1.29, 1.82) is 5.26 Å². The molecule has 0 spiro atoms. The number of alkyl halides is 3. The summed E-state index contributed by atoms with van der Waals surface area (Å²) in [6.45, 7) is 5.74. The highest BCUT2D eigenvalue weighted by Gasteiger charge is 2.36. The highest BCUT2D eigenvalue weighted by atomic mass is 19.4. The molecule has 0 atom stereocenters. The standard InChI is InChI=1S/C29H24F3N3O/c1-17-7-8-22(18(2)11-17)16-35-27(14-26(29(30,31)32)25(15-33)28(35)36)21-6-4-5-20(13-21)24-10-9-23(34)12-19(24)3/h4-14H,16,34H2,1-3H3. The first-order valence-corrected chi connectivity index (χ1v) is 11.3. The van der Waals surface area contributed by atoms with Crippen LogP contribution in [0.25, 0.3) is 22.4 Å². The monoisotopic (exact) mass is 487 g/mol. The minimum absolute atomic E-state index is 0.0260. The van der Waals surface area contributed by atoms with Crippen LogP contribution < -0.4 is 11.3 Å². The Hall–Kier alpha value is -4.31. The lowest BCUT2D eigenvalue weighted by Crippen LogP contribution is -2.29. The van der Waals surface area contributed by atoms with Crippen LogP contribution in [-0.2, 0) is 12.7 Å². The minimum atomic E-state index is -4.86. The number of nitriles is 1. The third-order valence-corrected chi connectivity index (χ3v) is 6.26. The molecule has 1 aromatic heterocycles. The second-order valence-corrected chi connectivity index (χ2v) is 8.90. The third-order valence-electron chi connectivity index (χ3n) is 6.26. The lowest BCUT2D eigenvalue weighted by atomic mass is 9.96. The summed E-state index contributed by atoms with van der Waals surface area (Å²) in [6.07, 6.45) is -4.86. The largest absolute Gasteiger partial charge is 0.417 e. The summed E-state index contributed by atoms with van der Waals surface area (Å²) in [5.41, 5.74) is 9.13. The van der Waals surface area contributed by atoms with Crippen molar-refractivity contribution in [2.75, 3.05) is 5.73 Å². The van der Waals surface area contributed by atoms with Crippen molar-refractivity contribution < 1.29 is 13.2 Å². The fourth-order valence-electron chi connectivity index (χ4n) is 4.42. The van der Waals surface area contributed by atoms with Crippen LogP contribution in [0.5, 0.6) is 0 Å². The summed E-state index contributed by atoms with van der Waals surface area (Å²) in [6, 6.07) is 20.5. The third kappa shape index (κ3) is 4.76. The molecule has 1 heterocycles. The maximum atomic E-state index is 13.9. The van der Waals surface area contributed by atoms with Crippen molar-refractivity contribution >= 4 is 5.69 Å². The van der Waals surface area contributed by atoms with Crippen LogP contribution in [0.4, 0.5) is 18.9 Å². The number of rotatable bonds is 4. The van der Waals surface area contributed by atoms with Crippen molar-refractivity contribution in [2.45, 2.75) is 33.5 Å². The Morgan fingerprint density at radius 1 is 0.917 bits per heavy atom. The van der Waals surface area contributed by atoms with E-state index in [0.29, 0.717) is 11.3 Å². The first kappa shape index (κ1) is 24.8. The first-order valence-electron chi connectivity index (χ1n) is 11.3. The van der Waals surface area contributed by atoms with Gasteiger partial charge in [-0.2, -0.15) is 18.4 Å². The molecule has 182 valence electrons. The molecule has 36 heavy (non-hydrogen) atoms. The van der Waals surface area contributed by atoms with Gasteiger partial charge in [0.05, 0.1) is 17.8 Å². The van der Waals surface area contributed by atoms with Gasteiger partial charge in [0, 0.05) is 5.69 Å². The molecule has 0 saturated carbocycles. The second kappa shape index (κ2) is 9.38. The molecular weight excluding hydrogens is 463 g/mol. The fraction of sp³-hybridized carbons (Fsp3) is 0.172. The molecule has 0 aliphatic rings. The van der Waals surface area contributed by atoms with Gasteiger partial charge in [0.15, 0.2) is 0 Å². The first-order chi connectivity index (χ1) is 17.0. The Labute approximate surface area is 207 Å². The van der Waals surface area contributed by atoms with E-state index >= 15 is 0 Å². The van der Waals surface area contributed by atoms with Gasteiger partial charge in [-0.3, -0.25) is 4.79 Å². The van der Waals surface area contributed by atoms with E-state index in [9.17, 15) is 23.2 Å². The summed E-state index contributed by atoms with van der Waals surface area (Å²) in [4.78, 5) is 13.3. The van der Waals surface area contributed by atoms with Crippen LogP contribution in [0.3, 0.4) is 0 Å².